The van der Waals surface area contributed by atoms with Crippen molar-refractivity contribution < 1.29 is 4.79 Å². The summed E-state index contributed by atoms with van der Waals surface area (Å²) in [5.41, 5.74) is 6.01. The molecule has 25 heavy (non-hydrogen) atoms. The van der Waals surface area contributed by atoms with Gasteiger partial charge < -0.3 is 10.2 Å². The smallest absolute Gasteiger partial charge is 0.238 e. The molecule has 0 aromatic heterocycles. The number of carbonyl (C=O) groups excluding carboxylic acids is 1. The fourth-order valence-corrected chi connectivity index (χ4v) is 3.33. The summed E-state index contributed by atoms with van der Waals surface area (Å²) in [7, 11) is 0. The second-order valence-electron chi connectivity index (χ2n) is 6.85. The van der Waals surface area contributed by atoms with Crippen molar-refractivity contribution in [1.29, 1.82) is 0 Å². The first-order valence-electron chi connectivity index (χ1n) is 8.93. The second-order valence-corrected chi connectivity index (χ2v) is 6.85. The molecule has 4 heteroatoms. The summed E-state index contributed by atoms with van der Waals surface area (Å²) in [5.74, 6) is 0.0643. The Balaban J connectivity index is 1.53. The SMILES string of the molecule is Cc1ccccc1NC(=O)CN1CCN(c2cccc(C)c2C)CC1. The van der Waals surface area contributed by atoms with Gasteiger partial charge in [0.1, 0.15) is 0 Å². The van der Waals surface area contributed by atoms with Gasteiger partial charge in [-0.25, -0.2) is 0 Å². The van der Waals surface area contributed by atoms with Crippen LogP contribution in [0.1, 0.15) is 16.7 Å². The van der Waals surface area contributed by atoms with Gasteiger partial charge in [-0.05, 0) is 49.6 Å². The molecule has 0 bridgehead atoms. The highest BCUT2D eigenvalue weighted by Crippen LogP contribution is 2.23. The molecule has 1 N–H and O–H groups in total. The lowest BCUT2D eigenvalue weighted by Gasteiger charge is -2.36. The maximum absolute atomic E-state index is 12.3. The van der Waals surface area contributed by atoms with E-state index < -0.39 is 0 Å². The van der Waals surface area contributed by atoms with Crippen LogP contribution in [-0.2, 0) is 4.79 Å². The fraction of sp³-hybridized carbons (Fsp3) is 0.381. The fourth-order valence-electron chi connectivity index (χ4n) is 3.33. The van der Waals surface area contributed by atoms with Crippen molar-refractivity contribution in [2.45, 2.75) is 20.8 Å². The van der Waals surface area contributed by atoms with Crippen LogP contribution in [0.5, 0.6) is 0 Å². The van der Waals surface area contributed by atoms with Gasteiger partial charge in [-0.15, -0.1) is 0 Å². The molecule has 2 aromatic carbocycles. The number of amides is 1. The summed E-state index contributed by atoms with van der Waals surface area (Å²) in [6.45, 7) is 10.6. The molecule has 1 heterocycles. The number of hydrogen-bond donors (Lipinski definition) is 1. The average Bonchev–Trinajstić information content (AvgIpc) is 2.60. The topological polar surface area (TPSA) is 35.6 Å². The second kappa shape index (κ2) is 7.70. The molecule has 0 radical (unpaired) electrons. The average molecular weight is 337 g/mol. The molecule has 2 aromatic rings. The van der Waals surface area contributed by atoms with E-state index in [0.29, 0.717) is 6.54 Å². The highest BCUT2D eigenvalue weighted by Gasteiger charge is 2.20. The molecule has 0 atom stereocenters. The number of carbonyl (C=O) groups is 1. The summed E-state index contributed by atoms with van der Waals surface area (Å²) in [6.07, 6.45) is 0. The van der Waals surface area contributed by atoms with Crippen molar-refractivity contribution in [3.63, 3.8) is 0 Å². The number of aryl methyl sites for hydroxylation is 2. The largest absolute Gasteiger partial charge is 0.369 e. The van der Waals surface area contributed by atoms with E-state index in [0.717, 1.165) is 37.4 Å². The standard InChI is InChI=1S/C21H27N3O/c1-16-8-6-10-20(18(16)3)24-13-11-23(12-14-24)15-21(25)22-19-9-5-4-7-17(19)2/h4-10H,11-15H2,1-3H3,(H,22,25). The molecule has 3 rings (SSSR count). The van der Waals surface area contributed by atoms with E-state index in [1.165, 1.54) is 16.8 Å². The molecule has 4 nitrogen and oxygen atoms in total. The van der Waals surface area contributed by atoms with Gasteiger partial charge in [0, 0.05) is 37.6 Å². The number of hydrogen-bond acceptors (Lipinski definition) is 3. The Morgan fingerprint density at radius 2 is 1.60 bits per heavy atom. The lowest BCUT2D eigenvalue weighted by molar-refractivity contribution is -0.117. The van der Waals surface area contributed by atoms with Crippen molar-refractivity contribution >= 4 is 17.3 Å². The summed E-state index contributed by atoms with van der Waals surface area (Å²) < 4.78 is 0. The Hall–Kier alpha value is -2.33. The maximum Gasteiger partial charge on any atom is 0.238 e. The van der Waals surface area contributed by atoms with Gasteiger partial charge in [0.2, 0.25) is 5.91 Å². The van der Waals surface area contributed by atoms with Gasteiger partial charge >= 0.3 is 0 Å². The zero-order chi connectivity index (χ0) is 17.8. The number of piperazine rings is 1. The number of rotatable bonds is 4. The minimum atomic E-state index is 0.0643. The third-order valence-electron chi connectivity index (χ3n) is 5.08. The summed E-state index contributed by atoms with van der Waals surface area (Å²) in [4.78, 5) is 17.0. The molecule has 0 spiro atoms. The molecule has 1 saturated heterocycles. The van der Waals surface area contributed by atoms with E-state index in [-0.39, 0.29) is 5.91 Å². The molecule has 1 aliphatic rings. The molecule has 1 fully saturated rings. The van der Waals surface area contributed by atoms with Crippen LogP contribution >= 0.6 is 0 Å². The van der Waals surface area contributed by atoms with Gasteiger partial charge in [0.15, 0.2) is 0 Å². The third kappa shape index (κ3) is 4.20. The third-order valence-corrected chi connectivity index (χ3v) is 5.08. The van der Waals surface area contributed by atoms with E-state index >= 15 is 0 Å². The van der Waals surface area contributed by atoms with E-state index in [1.54, 1.807) is 0 Å². The Labute approximate surface area is 150 Å². The Morgan fingerprint density at radius 1 is 0.920 bits per heavy atom. The Bertz CT molecular complexity index is 749. The number of anilines is 2. The van der Waals surface area contributed by atoms with Crippen LogP contribution < -0.4 is 10.2 Å². The molecule has 132 valence electrons. The summed E-state index contributed by atoms with van der Waals surface area (Å²) >= 11 is 0. The molecule has 0 saturated carbocycles. The van der Waals surface area contributed by atoms with Crippen molar-refractivity contribution in [3.8, 4) is 0 Å². The van der Waals surface area contributed by atoms with Crippen molar-refractivity contribution in [2.75, 3.05) is 42.9 Å². The van der Waals surface area contributed by atoms with Gasteiger partial charge in [0.25, 0.3) is 0 Å². The molecular formula is C21H27N3O. The first-order chi connectivity index (χ1) is 12.0. The quantitative estimate of drug-likeness (QED) is 0.929. The van der Waals surface area contributed by atoms with Crippen LogP contribution in [0.3, 0.4) is 0 Å². The normalized spacial score (nSPS) is 15.2. The number of nitrogens with one attached hydrogen (secondary N) is 1. The van der Waals surface area contributed by atoms with Gasteiger partial charge in [-0.2, -0.15) is 0 Å². The maximum atomic E-state index is 12.3. The molecule has 0 aliphatic carbocycles. The predicted molar refractivity (Wildman–Crippen MR) is 104 cm³/mol. The predicted octanol–water partition coefficient (Wildman–Crippen LogP) is 3.37. The first-order valence-corrected chi connectivity index (χ1v) is 8.93. The van der Waals surface area contributed by atoms with Gasteiger partial charge in [-0.1, -0.05) is 30.3 Å². The van der Waals surface area contributed by atoms with E-state index in [1.807, 2.05) is 31.2 Å². The number of para-hydroxylation sites is 1. The molecular weight excluding hydrogens is 310 g/mol. The highest BCUT2D eigenvalue weighted by atomic mass is 16.2. The van der Waals surface area contributed by atoms with Crippen molar-refractivity contribution in [1.82, 2.24) is 4.90 Å². The van der Waals surface area contributed by atoms with Crippen LogP contribution in [0.2, 0.25) is 0 Å². The van der Waals surface area contributed by atoms with E-state index in [9.17, 15) is 4.79 Å². The molecule has 0 unspecified atom stereocenters. The van der Waals surface area contributed by atoms with Crippen LogP contribution in [0.4, 0.5) is 11.4 Å². The van der Waals surface area contributed by atoms with Crippen molar-refractivity contribution in [3.05, 3.63) is 59.2 Å². The lowest BCUT2D eigenvalue weighted by Crippen LogP contribution is -2.48. The zero-order valence-corrected chi connectivity index (χ0v) is 15.4. The van der Waals surface area contributed by atoms with Crippen LogP contribution in [0.25, 0.3) is 0 Å². The van der Waals surface area contributed by atoms with Gasteiger partial charge in [0.05, 0.1) is 6.54 Å². The van der Waals surface area contributed by atoms with Crippen LogP contribution in [-0.4, -0.2) is 43.5 Å². The molecule has 1 aliphatic heterocycles. The Kier molecular flexibility index (Phi) is 5.39. The minimum Gasteiger partial charge on any atom is -0.369 e. The number of benzene rings is 2. The summed E-state index contributed by atoms with van der Waals surface area (Å²) in [5, 5.41) is 3.02. The highest BCUT2D eigenvalue weighted by molar-refractivity contribution is 5.92. The zero-order valence-electron chi connectivity index (χ0n) is 15.4. The van der Waals surface area contributed by atoms with Gasteiger partial charge in [-0.3, -0.25) is 9.69 Å². The van der Waals surface area contributed by atoms with Crippen molar-refractivity contribution in [2.24, 2.45) is 0 Å². The van der Waals surface area contributed by atoms with Crippen LogP contribution in [0, 0.1) is 20.8 Å². The summed E-state index contributed by atoms with van der Waals surface area (Å²) in [6, 6.07) is 14.4. The Morgan fingerprint density at radius 3 is 2.32 bits per heavy atom. The van der Waals surface area contributed by atoms with Crippen LogP contribution in [0.15, 0.2) is 42.5 Å². The number of nitrogens with zero attached hydrogens (tertiary/aromatic N) is 2. The molecule has 1 amide bonds. The van der Waals surface area contributed by atoms with E-state index in [2.05, 4.69) is 47.2 Å². The minimum absolute atomic E-state index is 0.0643. The lowest BCUT2D eigenvalue weighted by atomic mass is 10.1. The first kappa shape index (κ1) is 17.5. The monoisotopic (exact) mass is 337 g/mol. The van der Waals surface area contributed by atoms with E-state index in [4.69, 9.17) is 0 Å².